The van der Waals surface area contributed by atoms with Gasteiger partial charge in [-0.1, -0.05) is 29.2 Å². The Morgan fingerprint density at radius 1 is 1.00 bits per heavy atom. The SMILES string of the molecule is COc1ccc(N2C(=O)[C@H]3[C@H](c4ccc(OCC(=O)N5CCOCC5)c(OC)c4)c4sc(=O)[nH]c4S[C@H]3C2=O)cc1. The van der Waals surface area contributed by atoms with Gasteiger partial charge in [0.05, 0.1) is 44.1 Å². The molecule has 0 spiro atoms. The quantitative estimate of drug-likeness (QED) is 0.409. The van der Waals surface area contributed by atoms with Gasteiger partial charge in [-0.15, -0.1) is 0 Å². The Bertz CT molecular complexity index is 1550. The average Bonchev–Trinajstić information content (AvgIpc) is 3.50. The predicted octanol–water partition coefficient (Wildman–Crippen LogP) is 2.49. The number of nitrogens with zero attached hydrogens (tertiary/aromatic N) is 2. The molecule has 3 aromatic rings. The molecule has 41 heavy (non-hydrogen) atoms. The molecule has 4 heterocycles. The number of hydrogen-bond acceptors (Lipinski definition) is 10. The van der Waals surface area contributed by atoms with Crippen LogP contribution in [0.5, 0.6) is 17.2 Å². The molecule has 214 valence electrons. The van der Waals surface area contributed by atoms with Crippen LogP contribution in [0.25, 0.3) is 0 Å². The largest absolute Gasteiger partial charge is 0.497 e. The van der Waals surface area contributed by atoms with Crippen LogP contribution in [0.3, 0.4) is 0 Å². The Balaban J connectivity index is 1.32. The second-order valence-corrected chi connectivity index (χ2v) is 11.8. The highest BCUT2D eigenvalue weighted by atomic mass is 32.2. The fourth-order valence-corrected chi connectivity index (χ4v) is 7.92. The first kappa shape index (κ1) is 27.4. The lowest BCUT2D eigenvalue weighted by Crippen LogP contribution is -2.43. The van der Waals surface area contributed by atoms with E-state index in [9.17, 15) is 19.2 Å². The molecule has 6 rings (SSSR count). The number of aromatic amines is 1. The lowest BCUT2D eigenvalue weighted by atomic mass is 9.83. The maximum absolute atomic E-state index is 13.9. The van der Waals surface area contributed by atoms with Gasteiger partial charge in [-0.3, -0.25) is 19.2 Å². The molecule has 3 aliphatic rings. The van der Waals surface area contributed by atoms with Crippen molar-refractivity contribution in [2.75, 3.05) is 52.0 Å². The number of ether oxygens (including phenoxy) is 4. The van der Waals surface area contributed by atoms with E-state index in [1.54, 1.807) is 54.5 Å². The predicted molar refractivity (Wildman–Crippen MR) is 151 cm³/mol. The van der Waals surface area contributed by atoms with Crippen molar-refractivity contribution in [2.24, 2.45) is 5.92 Å². The number of thioether (sulfide) groups is 1. The number of amides is 3. The van der Waals surface area contributed by atoms with Gasteiger partial charge in [0, 0.05) is 23.9 Å². The van der Waals surface area contributed by atoms with Gasteiger partial charge in [0.15, 0.2) is 18.1 Å². The fraction of sp³-hybridized carbons (Fsp3) is 0.357. The van der Waals surface area contributed by atoms with Gasteiger partial charge in [0.1, 0.15) is 11.0 Å². The average molecular weight is 598 g/mol. The minimum atomic E-state index is -0.743. The number of methoxy groups -OCH3 is 2. The topological polar surface area (TPSA) is 127 Å². The second kappa shape index (κ2) is 11.2. The Morgan fingerprint density at radius 2 is 1.76 bits per heavy atom. The molecular formula is C28H27N3O8S2. The summed E-state index contributed by atoms with van der Waals surface area (Å²) in [5.74, 6) is -0.793. The van der Waals surface area contributed by atoms with Crippen LogP contribution < -0.4 is 24.0 Å². The first-order valence-corrected chi connectivity index (χ1v) is 14.7. The monoisotopic (exact) mass is 597 g/mol. The minimum absolute atomic E-state index is 0.151. The van der Waals surface area contributed by atoms with Crippen molar-refractivity contribution in [1.29, 1.82) is 0 Å². The maximum Gasteiger partial charge on any atom is 0.305 e. The number of carbonyl (C=O) groups is 3. The van der Waals surface area contributed by atoms with Crippen molar-refractivity contribution in [1.82, 2.24) is 9.88 Å². The first-order valence-electron chi connectivity index (χ1n) is 13.0. The third kappa shape index (κ3) is 4.98. The molecule has 0 bridgehead atoms. The highest BCUT2D eigenvalue weighted by Gasteiger charge is 2.56. The van der Waals surface area contributed by atoms with Crippen molar-refractivity contribution in [3.05, 3.63) is 62.6 Å². The van der Waals surface area contributed by atoms with Crippen LogP contribution in [0.15, 0.2) is 52.3 Å². The lowest BCUT2D eigenvalue weighted by Gasteiger charge is -2.30. The van der Waals surface area contributed by atoms with Crippen LogP contribution in [-0.2, 0) is 19.1 Å². The summed E-state index contributed by atoms with van der Waals surface area (Å²) < 4.78 is 21.9. The van der Waals surface area contributed by atoms with E-state index in [0.717, 1.165) is 11.3 Å². The van der Waals surface area contributed by atoms with Crippen LogP contribution >= 0.6 is 23.1 Å². The summed E-state index contributed by atoms with van der Waals surface area (Å²) in [6.07, 6.45) is 0. The molecule has 0 saturated carbocycles. The van der Waals surface area contributed by atoms with Gasteiger partial charge < -0.3 is 28.8 Å². The van der Waals surface area contributed by atoms with Gasteiger partial charge >= 0.3 is 4.87 Å². The first-order chi connectivity index (χ1) is 19.9. The number of morpholine rings is 1. The molecule has 3 atom stereocenters. The molecule has 2 fully saturated rings. The molecule has 3 aliphatic heterocycles. The van der Waals surface area contributed by atoms with Gasteiger partial charge in [0.2, 0.25) is 11.8 Å². The smallest absolute Gasteiger partial charge is 0.305 e. The number of rotatable bonds is 7. The summed E-state index contributed by atoms with van der Waals surface area (Å²) in [5.41, 5.74) is 1.15. The number of H-pyrrole nitrogens is 1. The van der Waals surface area contributed by atoms with Crippen molar-refractivity contribution >= 4 is 46.5 Å². The molecule has 3 amide bonds. The zero-order valence-electron chi connectivity index (χ0n) is 22.3. The summed E-state index contributed by atoms with van der Waals surface area (Å²) in [5, 5.41) is -0.139. The van der Waals surface area contributed by atoms with Crippen molar-refractivity contribution in [3.8, 4) is 17.2 Å². The third-order valence-corrected chi connectivity index (χ3v) is 9.82. The Morgan fingerprint density at radius 3 is 2.46 bits per heavy atom. The highest BCUT2D eigenvalue weighted by molar-refractivity contribution is 8.00. The number of aromatic nitrogens is 1. The molecule has 13 heteroatoms. The summed E-state index contributed by atoms with van der Waals surface area (Å²) >= 11 is 2.25. The van der Waals surface area contributed by atoms with Gasteiger partial charge in [-0.2, -0.15) is 0 Å². The summed E-state index contributed by atoms with van der Waals surface area (Å²) in [6.45, 7) is 1.87. The van der Waals surface area contributed by atoms with E-state index in [-0.39, 0.29) is 29.2 Å². The molecule has 0 radical (unpaired) electrons. The Kier molecular flexibility index (Phi) is 7.49. The van der Waals surface area contributed by atoms with Crippen LogP contribution in [0.1, 0.15) is 16.4 Å². The van der Waals surface area contributed by atoms with Crippen LogP contribution in [0.2, 0.25) is 0 Å². The van der Waals surface area contributed by atoms with E-state index in [2.05, 4.69) is 4.98 Å². The lowest BCUT2D eigenvalue weighted by molar-refractivity contribution is -0.137. The minimum Gasteiger partial charge on any atom is -0.497 e. The number of benzene rings is 2. The maximum atomic E-state index is 13.9. The van der Waals surface area contributed by atoms with E-state index in [1.165, 1.54) is 23.8 Å². The van der Waals surface area contributed by atoms with Gasteiger partial charge in [-0.25, -0.2) is 4.90 Å². The zero-order chi connectivity index (χ0) is 28.7. The van der Waals surface area contributed by atoms with E-state index < -0.39 is 17.1 Å². The second-order valence-electron chi connectivity index (χ2n) is 9.65. The third-order valence-electron chi connectivity index (χ3n) is 7.42. The molecule has 2 saturated heterocycles. The molecule has 1 N–H and O–H groups in total. The number of imide groups is 1. The van der Waals surface area contributed by atoms with Gasteiger partial charge in [-0.05, 0) is 42.0 Å². The van der Waals surface area contributed by atoms with Crippen molar-refractivity contribution in [3.63, 3.8) is 0 Å². The molecule has 2 aromatic carbocycles. The number of nitrogens with one attached hydrogen (secondary N) is 1. The molecule has 0 aliphatic carbocycles. The summed E-state index contributed by atoms with van der Waals surface area (Å²) in [7, 11) is 3.04. The fourth-order valence-electron chi connectivity index (χ4n) is 5.40. The molecular weight excluding hydrogens is 570 g/mol. The van der Waals surface area contributed by atoms with Crippen molar-refractivity contribution < 1.29 is 33.3 Å². The summed E-state index contributed by atoms with van der Waals surface area (Å²) in [6, 6.07) is 12.0. The van der Waals surface area contributed by atoms with Crippen LogP contribution in [0, 0.1) is 5.92 Å². The Hall–Kier alpha value is -3.81. The molecule has 1 aromatic heterocycles. The zero-order valence-corrected chi connectivity index (χ0v) is 23.9. The highest BCUT2D eigenvalue weighted by Crippen LogP contribution is 2.53. The Labute approximate surface area is 243 Å². The van der Waals surface area contributed by atoms with Gasteiger partial charge in [0.25, 0.3) is 5.91 Å². The standard InChI is InChI=1S/C28H27N3O8S2/c1-36-17-6-4-16(5-7-17)31-26(33)22-21(23-25(29-28(35)41-23)40-24(22)27(31)34)15-3-8-18(19(13-15)37-2)39-14-20(32)30-9-11-38-12-10-30/h3-8,13,21-22,24H,9-12,14H2,1-2H3,(H,29,35)/t21-,22-,24+/m0/s1. The molecule has 0 unspecified atom stereocenters. The van der Waals surface area contributed by atoms with E-state index >= 15 is 0 Å². The van der Waals surface area contributed by atoms with Crippen LogP contribution in [-0.4, -0.2) is 80.0 Å². The van der Waals surface area contributed by atoms with E-state index in [0.29, 0.717) is 64.7 Å². The number of carbonyl (C=O) groups excluding carboxylic acids is 3. The number of thiazole rings is 1. The van der Waals surface area contributed by atoms with Crippen molar-refractivity contribution in [2.45, 2.75) is 16.2 Å². The molecule has 11 nitrogen and oxygen atoms in total. The van der Waals surface area contributed by atoms with Crippen LogP contribution in [0.4, 0.5) is 5.69 Å². The van der Waals surface area contributed by atoms with E-state index in [4.69, 9.17) is 18.9 Å². The number of fused-ring (bicyclic) bond motifs is 2. The van der Waals surface area contributed by atoms with E-state index in [1.807, 2.05) is 0 Å². The number of hydrogen-bond donors (Lipinski definition) is 1. The number of anilines is 1. The normalized spacial score (nSPS) is 21.9. The summed E-state index contributed by atoms with van der Waals surface area (Å²) in [4.78, 5) is 58.7.